The molecule has 0 unspecified atom stereocenters. The van der Waals surface area contributed by atoms with Crippen LogP contribution in [0.4, 0.5) is 5.69 Å². The van der Waals surface area contributed by atoms with Gasteiger partial charge in [-0.25, -0.2) is 4.68 Å². The predicted octanol–water partition coefficient (Wildman–Crippen LogP) is 4.86. The third-order valence-electron chi connectivity index (χ3n) is 4.86. The Kier molecular flexibility index (Phi) is 6.17. The summed E-state index contributed by atoms with van der Waals surface area (Å²) in [7, 11) is 0. The summed E-state index contributed by atoms with van der Waals surface area (Å²) >= 11 is 0. The highest BCUT2D eigenvalue weighted by atomic mass is 16.5. The largest absolute Gasteiger partial charge is 0.494 e. The summed E-state index contributed by atoms with van der Waals surface area (Å²) in [6.45, 7) is 4.73. The van der Waals surface area contributed by atoms with Crippen LogP contribution in [0.15, 0.2) is 77.6 Å². The van der Waals surface area contributed by atoms with Crippen LogP contribution in [0.5, 0.6) is 17.2 Å². The number of rotatable bonds is 7. The first-order valence-corrected chi connectivity index (χ1v) is 10.4. The molecule has 1 aromatic heterocycles. The smallest absolute Gasteiger partial charge is 0.276 e. The van der Waals surface area contributed by atoms with Gasteiger partial charge < -0.3 is 14.8 Å². The molecule has 3 aromatic carbocycles. The molecule has 0 radical (unpaired) electrons. The molecular formula is C25H23N3O4. The van der Waals surface area contributed by atoms with Crippen molar-refractivity contribution in [1.82, 2.24) is 9.78 Å². The number of fused-ring (bicyclic) bond motifs is 1. The lowest BCUT2D eigenvalue weighted by Crippen LogP contribution is -2.27. The zero-order valence-electron chi connectivity index (χ0n) is 17.9. The number of anilines is 1. The first kappa shape index (κ1) is 21.1. The van der Waals surface area contributed by atoms with Crippen LogP contribution in [0.1, 0.15) is 24.3 Å². The monoisotopic (exact) mass is 429 g/mol. The maximum Gasteiger partial charge on any atom is 0.276 e. The maximum atomic E-state index is 12.9. The van der Waals surface area contributed by atoms with Crippen molar-refractivity contribution in [3.8, 4) is 17.2 Å². The number of nitrogens with zero attached hydrogens (tertiary/aromatic N) is 2. The van der Waals surface area contributed by atoms with Crippen molar-refractivity contribution in [1.29, 1.82) is 0 Å². The minimum absolute atomic E-state index is 0.205. The Bertz CT molecular complexity index is 1300. The normalized spacial score (nSPS) is 10.7. The van der Waals surface area contributed by atoms with Crippen molar-refractivity contribution in [3.63, 3.8) is 0 Å². The van der Waals surface area contributed by atoms with Gasteiger partial charge in [-0.15, -0.1) is 0 Å². The third-order valence-corrected chi connectivity index (χ3v) is 4.86. The molecule has 7 heteroatoms. The summed E-state index contributed by atoms with van der Waals surface area (Å²) in [6.07, 6.45) is 0. The molecule has 0 atom stereocenters. The van der Waals surface area contributed by atoms with Crippen molar-refractivity contribution < 1.29 is 14.3 Å². The highest BCUT2D eigenvalue weighted by Crippen LogP contribution is 2.25. The number of carbonyl (C=O) groups is 1. The topological polar surface area (TPSA) is 82.4 Å². The Balaban J connectivity index is 1.51. The molecule has 1 amide bonds. The van der Waals surface area contributed by atoms with E-state index in [1.54, 1.807) is 48.5 Å². The van der Waals surface area contributed by atoms with Gasteiger partial charge >= 0.3 is 0 Å². The van der Waals surface area contributed by atoms with Gasteiger partial charge in [0.15, 0.2) is 5.69 Å². The first-order valence-electron chi connectivity index (χ1n) is 10.4. The number of hydrogen-bond donors (Lipinski definition) is 1. The van der Waals surface area contributed by atoms with Crippen LogP contribution < -0.4 is 20.3 Å². The van der Waals surface area contributed by atoms with Gasteiger partial charge in [-0.1, -0.05) is 18.2 Å². The van der Waals surface area contributed by atoms with Crippen LogP contribution in [0, 0.1) is 0 Å². The minimum Gasteiger partial charge on any atom is -0.494 e. The van der Waals surface area contributed by atoms with E-state index in [4.69, 9.17) is 9.47 Å². The fourth-order valence-electron chi connectivity index (χ4n) is 3.32. The molecule has 0 fully saturated rings. The maximum absolute atomic E-state index is 12.9. The summed E-state index contributed by atoms with van der Waals surface area (Å²) < 4.78 is 12.6. The standard InChI is InChI=1S/C25H23N3O4/c1-3-28-25(30)22-8-6-5-7-21(22)23(27-28)24(29)26-17-9-11-19(12-10-17)32-20-15-13-18(14-16-20)31-4-2/h5-16H,3-4H2,1-2H3,(H,26,29). The lowest BCUT2D eigenvalue weighted by atomic mass is 10.1. The van der Waals surface area contributed by atoms with Gasteiger partial charge in [-0.3, -0.25) is 9.59 Å². The van der Waals surface area contributed by atoms with E-state index < -0.39 is 0 Å². The summed E-state index contributed by atoms with van der Waals surface area (Å²) in [5, 5.41) is 8.10. The van der Waals surface area contributed by atoms with Gasteiger partial charge in [0.05, 0.1) is 12.0 Å². The van der Waals surface area contributed by atoms with E-state index in [2.05, 4.69) is 10.4 Å². The second kappa shape index (κ2) is 9.34. The number of aryl methyl sites for hydroxylation is 1. The second-order valence-electron chi connectivity index (χ2n) is 7.00. The van der Waals surface area contributed by atoms with E-state index in [1.165, 1.54) is 4.68 Å². The number of hydrogen-bond acceptors (Lipinski definition) is 5. The molecule has 0 saturated heterocycles. The molecule has 1 N–H and O–H groups in total. The average Bonchev–Trinajstić information content (AvgIpc) is 2.82. The molecule has 7 nitrogen and oxygen atoms in total. The summed E-state index contributed by atoms with van der Waals surface area (Å²) in [6, 6.07) is 21.4. The zero-order valence-corrected chi connectivity index (χ0v) is 17.9. The number of benzene rings is 3. The Labute approximate surface area is 185 Å². The lowest BCUT2D eigenvalue weighted by molar-refractivity contribution is 0.102. The summed E-state index contributed by atoms with van der Waals surface area (Å²) in [5.41, 5.74) is 0.585. The molecule has 0 bridgehead atoms. The number of nitrogens with one attached hydrogen (secondary N) is 1. The fourth-order valence-corrected chi connectivity index (χ4v) is 3.32. The Hall–Kier alpha value is -4.13. The van der Waals surface area contributed by atoms with Crippen molar-refractivity contribution >= 4 is 22.4 Å². The van der Waals surface area contributed by atoms with Gasteiger partial charge in [-0.05, 0) is 68.4 Å². The van der Waals surface area contributed by atoms with E-state index in [0.717, 1.165) is 5.75 Å². The highest BCUT2D eigenvalue weighted by Gasteiger charge is 2.16. The minimum atomic E-state index is -0.386. The van der Waals surface area contributed by atoms with Crippen molar-refractivity contribution in [2.24, 2.45) is 0 Å². The fraction of sp³-hybridized carbons (Fsp3) is 0.160. The quantitative estimate of drug-likeness (QED) is 0.454. The predicted molar refractivity (Wildman–Crippen MR) is 124 cm³/mol. The van der Waals surface area contributed by atoms with E-state index in [1.807, 2.05) is 38.1 Å². The second-order valence-corrected chi connectivity index (χ2v) is 7.00. The van der Waals surface area contributed by atoms with Gasteiger partial charge in [-0.2, -0.15) is 5.10 Å². The molecule has 32 heavy (non-hydrogen) atoms. The van der Waals surface area contributed by atoms with E-state index in [-0.39, 0.29) is 17.2 Å². The van der Waals surface area contributed by atoms with Gasteiger partial charge in [0.25, 0.3) is 11.5 Å². The number of carbonyl (C=O) groups excluding carboxylic acids is 1. The number of ether oxygens (including phenoxy) is 2. The van der Waals surface area contributed by atoms with E-state index >= 15 is 0 Å². The highest BCUT2D eigenvalue weighted by molar-refractivity contribution is 6.11. The SMILES string of the molecule is CCOc1ccc(Oc2ccc(NC(=O)c3nn(CC)c(=O)c4ccccc34)cc2)cc1. The van der Waals surface area contributed by atoms with E-state index in [9.17, 15) is 9.59 Å². The number of amides is 1. The van der Waals surface area contributed by atoms with Gasteiger partial charge in [0, 0.05) is 17.6 Å². The van der Waals surface area contributed by atoms with Crippen molar-refractivity contribution in [3.05, 3.63) is 88.8 Å². The summed E-state index contributed by atoms with van der Waals surface area (Å²) in [5.74, 6) is 1.72. The molecule has 0 aliphatic rings. The summed E-state index contributed by atoms with van der Waals surface area (Å²) in [4.78, 5) is 25.4. The zero-order chi connectivity index (χ0) is 22.5. The molecule has 162 valence electrons. The molecule has 4 rings (SSSR count). The van der Waals surface area contributed by atoms with E-state index in [0.29, 0.717) is 41.1 Å². The van der Waals surface area contributed by atoms with Crippen LogP contribution in [0.3, 0.4) is 0 Å². The molecule has 4 aromatic rings. The van der Waals surface area contributed by atoms with Crippen LogP contribution in [-0.2, 0) is 6.54 Å². The molecule has 0 aliphatic heterocycles. The molecule has 0 aliphatic carbocycles. The Morgan fingerprint density at radius 2 is 1.47 bits per heavy atom. The Morgan fingerprint density at radius 3 is 2.09 bits per heavy atom. The van der Waals surface area contributed by atoms with Crippen LogP contribution >= 0.6 is 0 Å². The average molecular weight is 429 g/mol. The van der Waals surface area contributed by atoms with Gasteiger partial charge in [0.2, 0.25) is 0 Å². The molecular weight excluding hydrogens is 406 g/mol. The van der Waals surface area contributed by atoms with Crippen LogP contribution in [0.2, 0.25) is 0 Å². The molecule has 1 heterocycles. The van der Waals surface area contributed by atoms with Crippen LogP contribution in [-0.4, -0.2) is 22.3 Å². The van der Waals surface area contributed by atoms with Crippen LogP contribution in [0.25, 0.3) is 10.8 Å². The lowest BCUT2D eigenvalue weighted by Gasteiger charge is -2.11. The molecule has 0 spiro atoms. The number of aromatic nitrogens is 2. The molecule has 0 saturated carbocycles. The van der Waals surface area contributed by atoms with Crippen molar-refractivity contribution in [2.75, 3.05) is 11.9 Å². The van der Waals surface area contributed by atoms with Crippen molar-refractivity contribution in [2.45, 2.75) is 20.4 Å². The first-order chi connectivity index (χ1) is 15.6. The Morgan fingerprint density at radius 1 is 0.875 bits per heavy atom. The van der Waals surface area contributed by atoms with Gasteiger partial charge in [0.1, 0.15) is 17.2 Å². The third kappa shape index (κ3) is 4.46.